The van der Waals surface area contributed by atoms with Gasteiger partial charge < -0.3 is 15.8 Å². The van der Waals surface area contributed by atoms with Crippen molar-refractivity contribution in [2.75, 3.05) is 11.9 Å². The highest BCUT2D eigenvalue weighted by molar-refractivity contribution is 9.10. The first kappa shape index (κ1) is 17.5. The number of pyridine rings is 1. The Hall–Kier alpha value is -2.31. The largest absolute Gasteiger partial charge is 0.484 e. The Bertz CT molecular complexity index is 933. The van der Waals surface area contributed by atoms with Crippen LogP contribution in [0.3, 0.4) is 0 Å². The zero-order valence-corrected chi connectivity index (χ0v) is 15.5. The van der Waals surface area contributed by atoms with E-state index in [-0.39, 0.29) is 6.61 Å². The number of nitrogens with two attached hydrogens (primary N) is 1. The molecule has 1 heterocycles. The number of nitrogens with one attached hydrogen (secondary N) is 1. The molecule has 0 radical (unpaired) electrons. The first-order chi connectivity index (χ1) is 12.0. The predicted octanol–water partition coefficient (Wildman–Crippen LogP) is 4.13. The summed E-state index contributed by atoms with van der Waals surface area (Å²) in [5.41, 5.74) is 7.77. The summed E-state index contributed by atoms with van der Waals surface area (Å²) in [5.74, 6) is 0.0951. The van der Waals surface area contributed by atoms with E-state index in [1.165, 1.54) is 0 Å². The monoisotopic (exact) mass is 419 g/mol. The molecule has 0 aliphatic rings. The lowest BCUT2D eigenvalue weighted by molar-refractivity contribution is -0.119. The van der Waals surface area contributed by atoms with E-state index in [1.807, 2.05) is 36.4 Å². The third-order valence-corrected chi connectivity index (χ3v) is 4.27. The minimum atomic E-state index is -0.505. The van der Waals surface area contributed by atoms with Gasteiger partial charge in [-0.1, -0.05) is 39.7 Å². The van der Waals surface area contributed by atoms with E-state index < -0.39 is 5.91 Å². The van der Waals surface area contributed by atoms with Crippen LogP contribution in [-0.2, 0) is 11.3 Å². The average molecular weight is 421 g/mol. The van der Waals surface area contributed by atoms with Gasteiger partial charge in [0.15, 0.2) is 6.61 Å². The van der Waals surface area contributed by atoms with Gasteiger partial charge in [0.1, 0.15) is 5.75 Å². The summed E-state index contributed by atoms with van der Waals surface area (Å²) < 4.78 is 6.22. The summed E-state index contributed by atoms with van der Waals surface area (Å²) in [6, 6.07) is 13.2. The van der Waals surface area contributed by atoms with Crippen molar-refractivity contribution in [3.63, 3.8) is 0 Å². The second kappa shape index (κ2) is 7.72. The molecule has 0 aliphatic carbocycles. The zero-order chi connectivity index (χ0) is 17.8. The number of aromatic nitrogens is 1. The van der Waals surface area contributed by atoms with Gasteiger partial charge in [-0.05, 0) is 35.9 Å². The number of anilines is 1. The van der Waals surface area contributed by atoms with E-state index in [0.717, 1.165) is 26.6 Å². The number of fused-ring (bicyclic) bond motifs is 1. The van der Waals surface area contributed by atoms with Gasteiger partial charge >= 0.3 is 0 Å². The Morgan fingerprint density at radius 2 is 2.12 bits per heavy atom. The van der Waals surface area contributed by atoms with Crippen molar-refractivity contribution in [1.82, 2.24) is 4.98 Å². The molecule has 0 unspecified atom stereocenters. The summed E-state index contributed by atoms with van der Waals surface area (Å²) in [7, 11) is 0. The number of amides is 1. The Labute approximate surface area is 158 Å². The molecule has 128 valence electrons. The molecule has 0 fully saturated rings. The fraction of sp³-hybridized carbons (Fsp3) is 0.111. The minimum absolute atomic E-state index is 0.140. The summed E-state index contributed by atoms with van der Waals surface area (Å²) in [5, 5.41) is 4.91. The zero-order valence-electron chi connectivity index (χ0n) is 13.1. The number of rotatable bonds is 6. The van der Waals surface area contributed by atoms with E-state index >= 15 is 0 Å². The molecule has 7 heteroatoms. The van der Waals surface area contributed by atoms with Crippen molar-refractivity contribution in [2.24, 2.45) is 5.73 Å². The third kappa shape index (κ3) is 4.41. The van der Waals surface area contributed by atoms with Crippen molar-refractivity contribution in [2.45, 2.75) is 6.54 Å². The van der Waals surface area contributed by atoms with Gasteiger partial charge in [-0.2, -0.15) is 0 Å². The van der Waals surface area contributed by atoms with Gasteiger partial charge in [0.2, 0.25) is 0 Å². The Balaban J connectivity index is 1.79. The van der Waals surface area contributed by atoms with Gasteiger partial charge in [0.05, 0.1) is 10.5 Å². The Morgan fingerprint density at radius 1 is 1.28 bits per heavy atom. The number of carbonyl (C=O) groups excluding carboxylic acids is 1. The molecule has 3 rings (SSSR count). The van der Waals surface area contributed by atoms with Gasteiger partial charge in [0, 0.05) is 28.3 Å². The molecule has 1 aromatic heterocycles. The normalized spacial score (nSPS) is 10.6. The lowest BCUT2D eigenvalue weighted by Crippen LogP contribution is -2.20. The van der Waals surface area contributed by atoms with Crippen LogP contribution >= 0.6 is 27.5 Å². The highest BCUT2D eigenvalue weighted by Gasteiger charge is 2.07. The van der Waals surface area contributed by atoms with Crippen LogP contribution in [0.5, 0.6) is 5.75 Å². The van der Waals surface area contributed by atoms with Crippen molar-refractivity contribution < 1.29 is 9.53 Å². The lowest BCUT2D eigenvalue weighted by atomic mass is 10.1. The topological polar surface area (TPSA) is 77.2 Å². The van der Waals surface area contributed by atoms with Crippen molar-refractivity contribution >= 4 is 50.0 Å². The summed E-state index contributed by atoms with van der Waals surface area (Å²) in [4.78, 5) is 15.1. The predicted molar refractivity (Wildman–Crippen MR) is 103 cm³/mol. The number of nitrogens with zero attached hydrogens (tertiary/aromatic N) is 1. The SMILES string of the molecule is NC(=O)COc1cccc(CNc2ccnc3c(Cl)cc(Br)cc23)c1. The third-order valence-electron chi connectivity index (χ3n) is 3.53. The summed E-state index contributed by atoms with van der Waals surface area (Å²) in [6.07, 6.45) is 1.72. The van der Waals surface area contributed by atoms with Crippen LogP contribution in [-0.4, -0.2) is 17.5 Å². The molecular weight excluding hydrogens is 406 g/mol. The molecule has 5 nitrogen and oxygen atoms in total. The molecular formula is C18H15BrClN3O2. The molecule has 2 aromatic carbocycles. The van der Waals surface area contributed by atoms with Crippen LogP contribution in [0.2, 0.25) is 5.02 Å². The number of benzene rings is 2. The average Bonchev–Trinajstić information content (AvgIpc) is 2.58. The Morgan fingerprint density at radius 3 is 2.92 bits per heavy atom. The number of ether oxygens (including phenoxy) is 1. The second-order valence-electron chi connectivity index (χ2n) is 5.40. The molecule has 0 saturated heterocycles. The van der Waals surface area contributed by atoms with E-state index in [0.29, 0.717) is 17.3 Å². The molecule has 0 saturated carbocycles. The van der Waals surface area contributed by atoms with E-state index in [2.05, 4.69) is 26.2 Å². The molecule has 0 atom stereocenters. The standard InChI is InChI=1S/C18H15BrClN3O2/c19-12-7-14-16(4-5-22-18(14)15(20)8-12)23-9-11-2-1-3-13(6-11)25-10-17(21)24/h1-8H,9-10H2,(H2,21,24)(H,22,23). The van der Waals surface area contributed by atoms with Crippen LogP contribution in [0, 0.1) is 0 Å². The van der Waals surface area contributed by atoms with Crippen LogP contribution in [0.4, 0.5) is 5.69 Å². The second-order valence-corrected chi connectivity index (χ2v) is 6.72. The fourth-order valence-electron chi connectivity index (χ4n) is 2.43. The van der Waals surface area contributed by atoms with Crippen LogP contribution in [0.15, 0.2) is 53.1 Å². The maximum Gasteiger partial charge on any atom is 0.255 e. The number of hydrogen-bond donors (Lipinski definition) is 2. The number of carbonyl (C=O) groups is 1. The maximum absolute atomic E-state index is 10.8. The first-order valence-corrected chi connectivity index (χ1v) is 8.68. The van der Waals surface area contributed by atoms with Crippen LogP contribution < -0.4 is 15.8 Å². The molecule has 0 bridgehead atoms. The molecule has 3 aromatic rings. The van der Waals surface area contributed by atoms with Gasteiger partial charge in [-0.25, -0.2) is 0 Å². The molecule has 1 amide bonds. The van der Waals surface area contributed by atoms with Crippen LogP contribution in [0.25, 0.3) is 10.9 Å². The fourth-order valence-corrected chi connectivity index (χ4v) is 3.29. The van der Waals surface area contributed by atoms with Crippen molar-refractivity contribution in [3.05, 3.63) is 63.7 Å². The number of hydrogen-bond acceptors (Lipinski definition) is 4. The highest BCUT2D eigenvalue weighted by Crippen LogP contribution is 2.31. The minimum Gasteiger partial charge on any atom is -0.484 e. The molecule has 0 aliphatic heterocycles. The van der Waals surface area contributed by atoms with E-state index in [4.69, 9.17) is 22.1 Å². The van der Waals surface area contributed by atoms with Gasteiger partial charge in [0.25, 0.3) is 5.91 Å². The quantitative estimate of drug-likeness (QED) is 0.629. The Kier molecular flexibility index (Phi) is 5.40. The molecule has 3 N–H and O–H groups in total. The molecule has 0 spiro atoms. The van der Waals surface area contributed by atoms with E-state index in [9.17, 15) is 4.79 Å². The number of halogens is 2. The molecule has 25 heavy (non-hydrogen) atoms. The first-order valence-electron chi connectivity index (χ1n) is 7.50. The maximum atomic E-state index is 10.8. The van der Waals surface area contributed by atoms with Gasteiger partial charge in [-0.3, -0.25) is 9.78 Å². The summed E-state index contributed by atoms with van der Waals surface area (Å²) in [6.45, 7) is 0.440. The smallest absolute Gasteiger partial charge is 0.255 e. The van der Waals surface area contributed by atoms with Crippen molar-refractivity contribution in [3.8, 4) is 5.75 Å². The van der Waals surface area contributed by atoms with Crippen molar-refractivity contribution in [1.29, 1.82) is 0 Å². The highest BCUT2D eigenvalue weighted by atomic mass is 79.9. The summed E-state index contributed by atoms with van der Waals surface area (Å²) >= 11 is 9.72. The van der Waals surface area contributed by atoms with E-state index in [1.54, 1.807) is 12.3 Å². The van der Waals surface area contributed by atoms with Gasteiger partial charge in [-0.15, -0.1) is 0 Å². The number of primary amides is 1. The van der Waals surface area contributed by atoms with Crippen LogP contribution in [0.1, 0.15) is 5.56 Å². The lowest BCUT2D eigenvalue weighted by Gasteiger charge is -2.12.